The SMILES string of the molecule is CCC(C)c1nc(N(C)Cc2ccccc2Br)sc1C=O. The van der Waals surface area contributed by atoms with E-state index in [2.05, 4.69) is 45.7 Å². The van der Waals surface area contributed by atoms with Gasteiger partial charge in [0.1, 0.15) is 0 Å². The van der Waals surface area contributed by atoms with Crippen LogP contribution in [0.2, 0.25) is 0 Å². The Hall–Kier alpha value is -1.20. The van der Waals surface area contributed by atoms with Gasteiger partial charge in [0.2, 0.25) is 0 Å². The zero-order valence-corrected chi connectivity index (χ0v) is 14.9. The molecular weight excluding hydrogens is 348 g/mol. The van der Waals surface area contributed by atoms with Gasteiger partial charge in [0, 0.05) is 18.1 Å². The van der Waals surface area contributed by atoms with Crippen molar-refractivity contribution in [3.8, 4) is 0 Å². The van der Waals surface area contributed by atoms with E-state index in [0.29, 0.717) is 5.92 Å². The van der Waals surface area contributed by atoms with E-state index in [1.54, 1.807) is 0 Å². The van der Waals surface area contributed by atoms with Crippen LogP contribution in [0.4, 0.5) is 5.13 Å². The molecule has 1 aromatic heterocycles. The molecule has 0 N–H and O–H groups in total. The summed E-state index contributed by atoms with van der Waals surface area (Å²) >= 11 is 5.03. The standard InChI is InChI=1S/C16H19BrN2OS/c1-4-11(2)15-14(10-20)21-16(18-15)19(3)9-12-7-5-6-8-13(12)17/h5-8,10-11H,4,9H2,1-3H3. The van der Waals surface area contributed by atoms with Crippen LogP contribution in [0.3, 0.4) is 0 Å². The van der Waals surface area contributed by atoms with E-state index in [1.165, 1.54) is 16.9 Å². The first-order valence-corrected chi connectivity index (χ1v) is 8.58. The van der Waals surface area contributed by atoms with Crippen molar-refractivity contribution in [2.75, 3.05) is 11.9 Å². The summed E-state index contributed by atoms with van der Waals surface area (Å²) in [6.45, 7) is 4.98. The van der Waals surface area contributed by atoms with E-state index >= 15 is 0 Å². The summed E-state index contributed by atoms with van der Waals surface area (Å²) in [5, 5.41) is 0.892. The van der Waals surface area contributed by atoms with Crippen molar-refractivity contribution >= 4 is 38.7 Å². The minimum atomic E-state index is 0.312. The molecule has 1 heterocycles. The van der Waals surface area contributed by atoms with E-state index in [4.69, 9.17) is 0 Å². The molecule has 2 rings (SSSR count). The summed E-state index contributed by atoms with van der Waals surface area (Å²) < 4.78 is 1.09. The van der Waals surface area contributed by atoms with Crippen LogP contribution in [0.5, 0.6) is 0 Å². The van der Waals surface area contributed by atoms with Gasteiger partial charge in [-0.3, -0.25) is 4.79 Å². The molecule has 21 heavy (non-hydrogen) atoms. The minimum absolute atomic E-state index is 0.312. The number of carbonyl (C=O) groups excluding carboxylic acids is 1. The molecule has 0 aliphatic heterocycles. The van der Waals surface area contributed by atoms with Crippen molar-refractivity contribution in [3.63, 3.8) is 0 Å². The molecule has 0 saturated carbocycles. The lowest BCUT2D eigenvalue weighted by Crippen LogP contribution is -2.16. The third-order valence-electron chi connectivity index (χ3n) is 3.55. The Labute approximate surface area is 138 Å². The molecule has 2 aromatic rings. The van der Waals surface area contributed by atoms with Gasteiger partial charge in [0.15, 0.2) is 11.4 Å². The average Bonchev–Trinajstić information content (AvgIpc) is 2.93. The third kappa shape index (κ3) is 3.71. The maximum atomic E-state index is 11.2. The Balaban J connectivity index is 2.23. The smallest absolute Gasteiger partial charge is 0.186 e. The lowest BCUT2D eigenvalue weighted by atomic mass is 10.0. The zero-order chi connectivity index (χ0) is 15.4. The molecule has 112 valence electrons. The number of nitrogens with zero attached hydrogens (tertiary/aromatic N) is 2. The number of hydrogen-bond acceptors (Lipinski definition) is 4. The fourth-order valence-electron chi connectivity index (χ4n) is 2.08. The summed E-state index contributed by atoms with van der Waals surface area (Å²) in [6, 6.07) is 8.15. The summed E-state index contributed by atoms with van der Waals surface area (Å²) in [6.07, 6.45) is 1.91. The number of aromatic nitrogens is 1. The molecule has 1 unspecified atom stereocenters. The lowest BCUT2D eigenvalue weighted by molar-refractivity contribution is 0.112. The average molecular weight is 367 g/mol. The molecule has 0 fully saturated rings. The van der Waals surface area contributed by atoms with Crippen molar-refractivity contribution < 1.29 is 4.79 Å². The second-order valence-corrected chi connectivity index (χ2v) is 6.98. The van der Waals surface area contributed by atoms with E-state index in [0.717, 1.165) is 39.4 Å². The molecule has 0 radical (unpaired) electrons. The quantitative estimate of drug-likeness (QED) is 0.683. The predicted octanol–water partition coefficient (Wildman–Crippen LogP) is 4.87. The van der Waals surface area contributed by atoms with Gasteiger partial charge in [-0.05, 0) is 24.0 Å². The summed E-state index contributed by atoms with van der Waals surface area (Å²) in [5.41, 5.74) is 2.12. The number of rotatable bonds is 6. The Morgan fingerprint density at radius 3 is 2.76 bits per heavy atom. The number of halogens is 1. The number of carbonyl (C=O) groups is 1. The van der Waals surface area contributed by atoms with Crippen LogP contribution in [0.15, 0.2) is 28.7 Å². The molecule has 5 heteroatoms. The molecule has 0 saturated heterocycles. The van der Waals surface area contributed by atoms with Crippen LogP contribution < -0.4 is 4.90 Å². The van der Waals surface area contributed by atoms with Gasteiger partial charge in [-0.25, -0.2) is 4.98 Å². The topological polar surface area (TPSA) is 33.2 Å². The molecule has 3 nitrogen and oxygen atoms in total. The van der Waals surface area contributed by atoms with Gasteiger partial charge in [0.25, 0.3) is 0 Å². The monoisotopic (exact) mass is 366 g/mol. The first kappa shape index (κ1) is 16.2. The predicted molar refractivity (Wildman–Crippen MR) is 92.5 cm³/mol. The van der Waals surface area contributed by atoms with Crippen molar-refractivity contribution in [1.29, 1.82) is 0 Å². The lowest BCUT2D eigenvalue weighted by Gasteiger charge is -2.16. The fraction of sp³-hybridized carbons (Fsp3) is 0.375. The van der Waals surface area contributed by atoms with Crippen LogP contribution in [0.1, 0.15) is 47.1 Å². The van der Waals surface area contributed by atoms with Gasteiger partial charge in [0.05, 0.1) is 10.6 Å². The highest BCUT2D eigenvalue weighted by molar-refractivity contribution is 9.10. The van der Waals surface area contributed by atoms with Crippen LogP contribution >= 0.6 is 27.3 Å². The van der Waals surface area contributed by atoms with Gasteiger partial charge in [-0.2, -0.15) is 0 Å². The summed E-state index contributed by atoms with van der Waals surface area (Å²) in [7, 11) is 2.01. The van der Waals surface area contributed by atoms with Crippen LogP contribution in [-0.4, -0.2) is 18.3 Å². The molecule has 0 aliphatic carbocycles. The van der Waals surface area contributed by atoms with E-state index in [1.807, 2.05) is 25.2 Å². The number of aldehydes is 1. The molecular formula is C16H19BrN2OS. The van der Waals surface area contributed by atoms with E-state index in [9.17, 15) is 4.79 Å². The summed E-state index contributed by atoms with van der Waals surface area (Å²) in [5.74, 6) is 0.312. The van der Waals surface area contributed by atoms with E-state index in [-0.39, 0.29) is 0 Å². The molecule has 0 bridgehead atoms. The largest absolute Gasteiger partial charge is 0.347 e. The Morgan fingerprint density at radius 2 is 2.14 bits per heavy atom. The van der Waals surface area contributed by atoms with Gasteiger partial charge < -0.3 is 4.90 Å². The minimum Gasteiger partial charge on any atom is -0.347 e. The van der Waals surface area contributed by atoms with Crippen molar-refractivity contribution in [3.05, 3.63) is 44.9 Å². The fourth-order valence-corrected chi connectivity index (χ4v) is 3.45. The highest BCUT2D eigenvalue weighted by atomic mass is 79.9. The second-order valence-electron chi connectivity index (χ2n) is 5.12. The Bertz CT molecular complexity index is 626. The second kappa shape index (κ2) is 7.18. The maximum absolute atomic E-state index is 11.2. The third-order valence-corrected chi connectivity index (χ3v) is 5.43. The van der Waals surface area contributed by atoms with Crippen molar-refractivity contribution in [2.24, 2.45) is 0 Å². The first-order chi connectivity index (χ1) is 10.1. The van der Waals surface area contributed by atoms with Gasteiger partial charge in [-0.15, -0.1) is 0 Å². The highest BCUT2D eigenvalue weighted by Crippen LogP contribution is 2.31. The highest BCUT2D eigenvalue weighted by Gasteiger charge is 2.18. The number of hydrogen-bond donors (Lipinski definition) is 0. The maximum Gasteiger partial charge on any atom is 0.186 e. The Morgan fingerprint density at radius 1 is 1.43 bits per heavy atom. The molecule has 0 spiro atoms. The first-order valence-electron chi connectivity index (χ1n) is 6.97. The van der Waals surface area contributed by atoms with Crippen LogP contribution in [0.25, 0.3) is 0 Å². The van der Waals surface area contributed by atoms with Crippen LogP contribution in [0, 0.1) is 0 Å². The van der Waals surface area contributed by atoms with E-state index < -0.39 is 0 Å². The van der Waals surface area contributed by atoms with Crippen molar-refractivity contribution in [1.82, 2.24) is 4.98 Å². The summed E-state index contributed by atoms with van der Waals surface area (Å²) in [4.78, 5) is 18.8. The molecule has 0 aliphatic rings. The normalized spacial score (nSPS) is 12.2. The van der Waals surface area contributed by atoms with Crippen molar-refractivity contribution in [2.45, 2.75) is 32.7 Å². The number of benzene rings is 1. The molecule has 0 amide bonds. The van der Waals surface area contributed by atoms with Crippen LogP contribution in [-0.2, 0) is 6.54 Å². The van der Waals surface area contributed by atoms with Gasteiger partial charge >= 0.3 is 0 Å². The zero-order valence-electron chi connectivity index (χ0n) is 12.5. The van der Waals surface area contributed by atoms with Gasteiger partial charge in [-0.1, -0.05) is 59.3 Å². The molecule has 1 atom stereocenters. The number of anilines is 1. The molecule has 1 aromatic carbocycles. The Kier molecular flexibility index (Phi) is 5.53. The number of thiazole rings is 1.